The van der Waals surface area contributed by atoms with Gasteiger partial charge in [0.2, 0.25) is 0 Å². The van der Waals surface area contributed by atoms with E-state index in [-0.39, 0.29) is 0 Å². The van der Waals surface area contributed by atoms with Crippen molar-refractivity contribution in [2.75, 3.05) is 0 Å². The lowest BCUT2D eigenvalue weighted by atomic mass is 9.97. The Morgan fingerprint density at radius 1 is 1.50 bits per heavy atom. The van der Waals surface area contributed by atoms with Gasteiger partial charge in [0.25, 0.3) is 0 Å². The highest BCUT2D eigenvalue weighted by Gasteiger charge is 2.28. The van der Waals surface area contributed by atoms with Gasteiger partial charge in [-0.15, -0.1) is 0 Å². The summed E-state index contributed by atoms with van der Waals surface area (Å²) in [5, 5.41) is 17.3. The predicted molar refractivity (Wildman–Crippen MR) is 27.3 cm³/mol. The standard InChI is InChI=1S/C4H7BO3/c5-3-1-2(6)4(7)8-3/h2-4,6-7H,1H2. The van der Waals surface area contributed by atoms with Crippen LogP contribution in [0.5, 0.6) is 0 Å². The second-order valence-corrected chi connectivity index (χ2v) is 1.87. The smallest absolute Gasteiger partial charge is 0.180 e. The molecule has 1 saturated heterocycles. The predicted octanol–water partition coefficient (Wildman–Crippen LogP) is -1.42. The molecule has 0 aromatic rings. The second kappa shape index (κ2) is 2.05. The van der Waals surface area contributed by atoms with Crippen LogP contribution in [0.2, 0.25) is 0 Å². The van der Waals surface area contributed by atoms with Crippen molar-refractivity contribution in [1.82, 2.24) is 0 Å². The van der Waals surface area contributed by atoms with Crippen molar-refractivity contribution >= 4 is 7.85 Å². The Hall–Kier alpha value is -0.0551. The Kier molecular flexibility index (Phi) is 1.55. The van der Waals surface area contributed by atoms with Gasteiger partial charge in [-0.1, -0.05) is 0 Å². The van der Waals surface area contributed by atoms with Crippen LogP contribution in [0.25, 0.3) is 0 Å². The van der Waals surface area contributed by atoms with Gasteiger partial charge in [0.05, 0.1) is 0 Å². The molecule has 0 saturated carbocycles. The molecular weight excluding hydrogens is 107 g/mol. The molecule has 4 heteroatoms. The van der Waals surface area contributed by atoms with E-state index in [1.54, 1.807) is 0 Å². The molecule has 1 fully saturated rings. The van der Waals surface area contributed by atoms with Crippen LogP contribution in [0.3, 0.4) is 0 Å². The zero-order valence-electron chi connectivity index (χ0n) is 4.32. The molecule has 1 rings (SSSR count). The van der Waals surface area contributed by atoms with E-state index in [1.807, 2.05) is 0 Å². The highest BCUT2D eigenvalue weighted by atomic mass is 16.6. The Bertz CT molecular complexity index is 77.4. The van der Waals surface area contributed by atoms with E-state index in [4.69, 9.17) is 18.1 Å². The highest BCUT2D eigenvalue weighted by molar-refractivity contribution is 6.11. The minimum Gasteiger partial charge on any atom is -0.388 e. The van der Waals surface area contributed by atoms with E-state index in [0.717, 1.165) is 0 Å². The quantitative estimate of drug-likeness (QED) is 0.380. The summed E-state index contributed by atoms with van der Waals surface area (Å²) in [6.45, 7) is 0. The van der Waals surface area contributed by atoms with Crippen LogP contribution in [0.4, 0.5) is 0 Å². The molecular formula is C4H7BO3. The molecule has 2 N–H and O–H groups in total. The summed E-state index contributed by atoms with van der Waals surface area (Å²) in [4.78, 5) is 0. The average Bonchev–Trinajstić information content (AvgIpc) is 1.85. The summed E-state index contributed by atoms with van der Waals surface area (Å²) in [6.07, 6.45) is -1.56. The van der Waals surface area contributed by atoms with Crippen LogP contribution in [-0.4, -0.2) is 36.5 Å². The first-order valence-corrected chi connectivity index (χ1v) is 2.47. The maximum atomic E-state index is 8.71. The van der Waals surface area contributed by atoms with Crippen LogP contribution in [-0.2, 0) is 4.74 Å². The van der Waals surface area contributed by atoms with Gasteiger partial charge in [0, 0.05) is 6.00 Å². The molecule has 0 aromatic carbocycles. The second-order valence-electron chi connectivity index (χ2n) is 1.87. The topological polar surface area (TPSA) is 49.7 Å². The Labute approximate surface area is 48.7 Å². The zero-order chi connectivity index (χ0) is 6.15. The third kappa shape index (κ3) is 1.02. The van der Waals surface area contributed by atoms with Gasteiger partial charge in [0.1, 0.15) is 14.0 Å². The van der Waals surface area contributed by atoms with E-state index >= 15 is 0 Å². The molecule has 1 aliphatic heterocycles. The van der Waals surface area contributed by atoms with Crippen LogP contribution >= 0.6 is 0 Å². The number of ether oxygens (including phenoxy) is 1. The van der Waals surface area contributed by atoms with E-state index < -0.39 is 18.4 Å². The summed E-state index contributed by atoms with van der Waals surface area (Å²) in [6, 6.07) is -0.500. The van der Waals surface area contributed by atoms with E-state index in [9.17, 15) is 0 Å². The van der Waals surface area contributed by atoms with E-state index in [1.165, 1.54) is 0 Å². The van der Waals surface area contributed by atoms with Crippen molar-refractivity contribution < 1.29 is 14.9 Å². The molecule has 1 aliphatic rings. The van der Waals surface area contributed by atoms with Gasteiger partial charge in [-0.3, -0.25) is 0 Å². The van der Waals surface area contributed by atoms with E-state index in [2.05, 4.69) is 4.74 Å². The molecule has 44 valence electrons. The highest BCUT2D eigenvalue weighted by Crippen LogP contribution is 2.14. The molecule has 0 aromatic heterocycles. The van der Waals surface area contributed by atoms with Gasteiger partial charge in [0.15, 0.2) is 6.29 Å². The van der Waals surface area contributed by atoms with Crippen molar-refractivity contribution in [2.24, 2.45) is 0 Å². The Morgan fingerprint density at radius 2 is 2.12 bits per heavy atom. The summed E-state index contributed by atoms with van der Waals surface area (Å²) < 4.78 is 4.56. The monoisotopic (exact) mass is 114 g/mol. The fraction of sp³-hybridized carbons (Fsp3) is 1.00. The summed E-state index contributed by atoms with van der Waals surface area (Å²) in [7, 11) is 5.17. The Balaban J connectivity index is 2.39. The van der Waals surface area contributed by atoms with Gasteiger partial charge in [-0.05, 0) is 6.42 Å². The first-order chi connectivity index (χ1) is 3.70. The van der Waals surface area contributed by atoms with Crippen molar-refractivity contribution in [1.29, 1.82) is 0 Å². The lowest BCUT2D eigenvalue weighted by Crippen LogP contribution is -2.19. The molecule has 3 atom stereocenters. The van der Waals surface area contributed by atoms with Crippen LogP contribution < -0.4 is 0 Å². The summed E-state index contributed by atoms with van der Waals surface area (Å²) in [5.41, 5.74) is 0. The molecule has 3 nitrogen and oxygen atoms in total. The first-order valence-electron chi connectivity index (χ1n) is 2.47. The van der Waals surface area contributed by atoms with Gasteiger partial charge < -0.3 is 14.9 Å². The summed E-state index contributed by atoms with van der Waals surface area (Å²) in [5.74, 6) is 0. The number of aliphatic hydroxyl groups is 2. The lowest BCUT2D eigenvalue weighted by molar-refractivity contribution is -0.114. The zero-order valence-corrected chi connectivity index (χ0v) is 4.32. The largest absolute Gasteiger partial charge is 0.388 e. The number of aliphatic hydroxyl groups excluding tert-OH is 2. The lowest BCUT2D eigenvalue weighted by Gasteiger charge is -2.03. The Morgan fingerprint density at radius 3 is 2.25 bits per heavy atom. The molecule has 0 bridgehead atoms. The third-order valence-electron chi connectivity index (χ3n) is 1.12. The van der Waals surface area contributed by atoms with Crippen molar-refractivity contribution in [3.63, 3.8) is 0 Å². The van der Waals surface area contributed by atoms with Gasteiger partial charge in [-0.25, -0.2) is 0 Å². The molecule has 2 radical (unpaired) electrons. The van der Waals surface area contributed by atoms with E-state index in [0.29, 0.717) is 6.42 Å². The first kappa shape index (κ1) is 6.07. The summed E-state index contributed by atoms with van der Waals surface area (Å²) >= 11 is 0. The fourth-order valence-electron chi connectivity index (χ4n) is 0.680. The number of hydrogen-bond acceptors (Lipinski definition) is 3. The minimum absolute atomic E-state index is 0.321. The third-order valence-corrected chi connectivity index (χ3v) is 1.12. The van der Waals surface area contributed by atoms with Crippen LogP contribution in [0, 0.1) is 0 Å². The molecule has 0 aliphatic carbocycles. The number of hydrogen-bond donors (Lipinski definition) is 2. The maximum absolute atomic E-state index is 8.71. The average molecular weight is 114 g/mol. The SMILES string of the molecule is [B]C1CC(O)C(O)O1. The minimum atomic E-state index is -1.08. The molecule has 0 amide bonds. The normalized spacial score (nSPS) is 47.5. The van der Waals surface area contributed by atoms with Crippen LogP contribution in [0.1, 0.15) is 6.42 Å². The van der Waals surface area contributed by atoms with Gasteiger partial charge >= 0.3 is 0 Å². The molecule has 3 unspecified atom stereocenters. The fourth-order valence-corrected chi connectivity index (χ4v) is 0.680. The van der Waals surface area contributed by atoms with Crippen molar-refractivity contribution in [3.05, 3.63) is 0 Å². The molecule has 0 spiro atoms. The molecule has 1 heterocycles. The number of rotatable bonds is 0. The van der Waals surface area contributed by atoms with Crippen molar-refractivity contribution in [3.8, 4) is 0 Å². The molecule has 8 heavy (non-hydrogen) atoms. The maximum Gasteiger partial charge on any atom is 0.180 e. The van der Waals surface area contributed by atoms with Gasteiger partial charge in [-0.2, -0.15) is 0 Å². The van der Waals surface area contributed by atoms with Crippen molar-refractivity contribution in [2.45, 2.75) is 24.8 Å². The van der Waals surface area contributed by atoms with Crippen LogP contribution in [0.15, 0.2) is 0 Å².